The lowest BCUT2D eigenvalue weighted by Crippen LogP contribution is -2.11. The summed E-state index contributed by atoms with van der Waals surface area (Å²) in [5.74, 6) is 0. The fourth-order valence-electron chi connectivity index (χ4n) is 0.699. The molecule has 3 nitrogen and oxygen atoms in total. The smallest absolute Gasteiger partial charge is 0.197 e. The van der Waals surface area contributed by atoms with Gasteiger partial charge in [-0.1, -0.05) is 0 Å². The van der Waals surface area contributed by atoms with Gasteiger partial charge in [0.15, 0.2) is 6.33 Å². The molecule has 1 aromatic heterocycles. The first-order valence-electron chi connectivity index (χ1n) is 3.12. The molecule has 1 rings (SSSR count). The molecule has 1 heterocycles. The van der Waals surface area contributed by atoms with Crippen molar-refractivity contribution in [3.63, 3.8) is 0 Å². The Hall–Kier alpha value is -0.960. The Morgan fingerprint density at radius 2 is 2.40 bits per heavy atom. The molecule has 0 amide bonds. The van der Waals surface area contributed by atoms with Crippen molar-refractivity contribution in [3.8, 4) is 0 Å². The summed E-state index contributed by atoms with van der Waals surface area (Å²) in [5, 5.41) is 0. The molecule has 0 N–H and O–H groups in total. The first kappa shape index (κ1) is 7.15. The molecule has 0 aliphatic carbocycles. The summed E-state index contributed by atoms with van der Waals surface area (Å²) >= 11 is 0. The fourth-order valence-corrected chi connectivity index (χ4v) is 0.699. The quantitative estimate of drug-likeness (QED) is 0.587. The van der Waals surface area contributed by atoms with Crippen molar-refractivity contribution in [2.45, 2.75) is 6.54 Å². The van der Waals surface area contributed by atoms with E-state index in [1.807, 2.05) is 20.2 Å². The molecule has 1 radical (unpaired) electrons. The van der Waals surface area contributed by atoms with Crippen LogP contribution in [0.1, 0.15) is 5.69 Å². The SMILES string of the molecule is CN(C)Cc1ccn[c]n1. The van der Waals surface area contributed by atoms with Crippen LogP contribution in [-0.4, -0.2) is 29.0 Å². The number of hydrogen-bond donors (Lipinski definition) is 0. The van der Waals surface area contributed by atoms with Crippen molar-refractivity contribution in [1.82, 2.24) is 14.9 Å². The first-order chi connectivity index (χ1) is 4.79. The summed E-state index contributed by atoms with van der Waals surface area (Å²) in [6.07, 6.45) is 4.24. The van der Waals surface area contributed by atoms with E-state index in [2.05, 4.69) is 21.2 Å². The molecule has 3 heteroatoms. The van der Waals surface area contributed by atoms with Crippen molar-refractivity contribution >= 4 is 0 Å². The van der Waals surface area contributed by atoms with Crippen LogP contribution < -0.4 is 0 Å². The first-order valence-corrected chi connectivity index (χ1v) is 3.12. The summed E-state index contributed by atoms with van der Waals surface area (Å²) in [4.78, 5) is 9.69. The van der Waals surface area contributed by atoms with Gasteiger partial charge in [-0.05, 0) is 20.2 Å². The van der Waals surface area contributed by atoms with Crippen LogP contribution in [0.2, 0.25) is 0 Å². The molecule has 10 heavy (non-hydrogen) atoms. The van der Waals surface area contributed by atoms with Crippen molar-refractivity contribution in [1.29, 1.82) is 0 Å². The Morgan fingerprint density at radius 1 is 1.60 bits per heavy atom. The van der Waals surface area contributed by atoms with Gasteiger partial charge in [0.2, 0.25) is 0 Å². The standard InChI is InChI=1S/C7H10N3/c1-10(2)5-7-3-4-8-6-9-7/h3-4H,5H2,1-2H3. The van der Waals surface area contributed by atoms with Gasteiger partial charge in [-0.25, -0.2) is 9.97 Å². The number of hydrogen-bond acceptors (Lipinski definition) is 3. The molecular formula is C7H10N3. The number of rotatable bonds is 2. The van der Waals surface area contributed by atoms with E-state index in [1.54, 1.807) is 6.20 Å². The lowest BCUT2D eigenvalue weighted by Gasteiger charge is -2.06. The maximum absolute atomic E-state index is 3.94. The van der Waals surface area contributed by atoms with Crippen LogP contribution in [0.5, 0.6) is 0 Å². The molecule has 1 aromatic rings. The van der Waals surface area contributed by atoms with E-state index >= 15 is 0 Å². The van der Waals surface area contributed by atoms with E-state index in [4.69, 9.17) is 0 Å². The fraction of sp³-hybridized carbons (Fsp3) is 0.429. The summed E-state index contributed by atoms with van der Waals surface area (Å²) in [6.45, 7) is 0.846. The Kier molecular flexibility index (Phi) is 2.34. The maximum Gasteiger partial charge on any atom is 0.197 e. The third-order valence-electron chi connectivity index (χ3n) is 1.07. The summed E-state index contributed by atoms with van der Waals surface area (Å²) in [5.41, 5.74) is 1.00. The molecule has 0 aliphatic rings. The third kappa shape index (κ3) is 2.11. The van der Waals surface area contributed by atoms with Crippen molar-refractivity contribution in [2.75, 3.05) is 14.1 Å². The largest absolute Gasteiger partial charge is 0.304 e. The molecule has 0 saturated heterocycles. The molecule has 0 fully saturated rings. The van der Waals surface area contributed by atoms with E-state index in [1.165, 1.54) is 0 Å². The Bertz CT molecular complexity index is 183. The van der Waals surface area contributed by atoms with E-state index in [-0.39, 0.29) is 0 Å². The monoisotopic (exact) mass is 136 g/mol. The topological polar surface area (TPSA) is 29.0 Å². The minimum Gasteiger partial charge on any atom is -0.304 e. The van der Waals surface area contributed by atoms with E-state index in [9.17, 15) is 0 Å². The second-order valence-corrected chi connectivity index (χ2v) is 2.39. The summed E-state index contributed by atoms with van der Waals surface area (Å²) in [7, 11) is 4.00. The van der Waals surface area contributed by atoms with Crippen molar-refractivity contribution in [3.05, 3.63) is 24.3 Å². The van der Waals surface area contributed by atoms with Crippen LogP contribution in [0, 0.1) is 6.33 Å². The molecule has 0 aromatic carbocycles. The third-order valence-corrected chi connectivity index (χ3v) is 1.07. The molecule has 0 unspecified atom stereocenters. The average Bonchev–Trinajstić information content (AvgIpc) is 1.88. The van der Waals surface area contributed by atoms with Gasteiger partial charge in [0.1, 0.15) is 0 Å². The molecule has 0 spiro atoms. The van der Waals surface area contributed by atoms with E-state index in [0.29, 0.717) is 0 Å². The second kappa shape index (κ2) is 3.27. The zero-order valence-electron chi connectivity index (χ0n) is 6.20. The molecular weight excluding hydrogens is 126 g/mol. The lowest BCUT2D eigenvalue weighted by atomic mass is 10.4. The van der Waals surface area contributed by atoms with Gasteiger partial charge in [-0.3, -0.25) is 0 Å². The van der Waals surface area contributed by atoms with Crippen LogP contribution in [0.3, 0.4) is 0 Å². The minimum absolute atomic E-state index is 0.846. The predicted octanol–water partition coefficient (Wildman–Crippen LogP) is 0.338. The number of nitrogens with zero attached hydrogens (tertiary/aromatic N) is 3. The predicted molar refractivity (Wildman–Crippen MR) is 38.3 cm³/mol. The molecule has 53 valence electrons. The Labute approximate surface area is 60.7 Å². The number of aromatic nitrogens is 2. The Morgan fingerprint density at radius 3 is 2.90 bits per heavy atom. The molecule has 0 bridgehead atoms. The van der Waals surface area contributed by atoms with Gasteiger partial charge in [0, 0.05) is 12.7 Å². The molecule has 0 aliphatic heterocycles. The highest BCUT2D eigenvalue weighted by molar-refractivity contribution is 4.96. The highest BCUT2D eigenvalue weighted by atomic mass is 15.1. The van der Waals surface area contributed by atoms with Gasteiger partial charge in [0.05, 0.1) is 5.69 Å². The zero-order chi connectivity index (χ0) is 7.40. The van der Waals surface area contributed by atoms with Gasteiger partial charge in [-0.2, -0.15) is 0 Å². The van der Waals surface area contributed by atoms with Crippen LogP contribution in [0.25, 0.3) is 0 Å². The highest BCUT2D eigenvalue weighted by Crippen LogP contribution is 1.92. The summed E-state index contributed by atoms with van der Waals surface area (Å²) in [6, 6.07) is 1.89. The second-order valence-electron chi connectivity index (χ2n) is 2.39. The van der Waals surface area contributed by atoms with Crippen molar-refractivity contribution in [2.24, 2.45) is 0 Å². The summed E-state index contributed by atoms with van der Waals surface area (Å²) < 4.78 is 0. The van der Waals surface area contributed by atoms with Crippen LogP contribution in [0.4, 0.5) is 0 Å². The van der Waals surface area contributed by atoms with Crippen molar-refractivity contribution < 1.29 is 0 Å². The van der Waals surface area contributed by atoms with Crippen LogP contribution in [-0.2, 0) is 6.54 Å². The normalized spacial score (nSPS) is 10.3. The Balaban J connectivity index is 2.59. The van der Waals surface area contributed by atoms with Crippen LogP contribution in [0.15, 0.2) is 12.3 Å². The molecule has 0 saturated carbocycles. The highest BCUT2D eigenvalue weighted by Gasteiger charge is 1.93. The average molecular weight is 136 g/mol. The van der Waals surface area contributed by atoms with Gasteiger partial charge >= 0.3 is 0 Å². The zero-order valence-corrected chi connectivity index (χ0v) is 6.20. The van der Waals surface area contributed by atoms with Gasteiger partial charge in [-0.15, -0.1) is 0 Å². The van der Waals surface area contributed by atoms with E-state index in [0.717, 1.165) is 12.2 Å². The lowest BCUT2D eigenvalue weighted by molar-refractivity contribution is 0.396. The van der Waals surface area contributed by atoms with Gasteiger partial charge < -0.3 is 4.90 Å². The maximum atomic E-state index is 3.94. The van der Waals surface area contributed by atoms with Gasteiger partial charge in [0.25, 0.3) is 0 Å². The van der Waals surface area contributed by atoms with E-state index < -0.39 is 0 Å². The molecule has 0 atom stereocenters. The van der Waals surface area contributed by atoms with Crippen LogP contribution >= 0.6 is 0 Å². The minimum atomic E-state index is 0.846.